The van der Waals surface area contributed by atoms with Crippen LogP contribution in [0.25, 0.3) is 0 Å². The maximum atomic E-state index is 11.3. The van der Waals surface area contributed by atoms with Gasteiger partial charge in [0, 0.05) is 11.6 Å². The van der Waals surface area contributed by atoms with E-state index in [-0.39, 0.29) is 4.90 Å². The van der Waals surface area contributed by atoms with Crippen molar-refractivity contribution in [3.63, 3.8) is 0 Å². The zero-order valence-electron chi connectivity index (χ0n) is 7.63. The Labute approximate surface area is 97.3 Å². The molecule has 14 heavy (non-hydrogen) atoms. The summed E-state index contributed by atoms with van der Waals surface area (Å²) in [4.78, 5) is 0.206. The summed E-state index contributed by atoms with van der Waals surface area (Å²) in [6.45, 7) is 0. The summed E-state index contributed by atoms with van der Waals surface area (Å²) in [5.41, 5.74) is 0.853. The van der Waals surface area contributed by atoms with Crippen LogP contribution in [0.3, 0.4) is 0 Å². The molecule has 0 saturated carbocycles. The molecule has 2 nitrogen and oxygen atoms in total. The summed E-state index contributed by atoms with van der Waals surface area (Å²) in [7, 11) is -3.22. The molecule has 1 aromatic rings. The highest BCUT2D eigenvalue weighted by molar-refractivity contribution is 9.09. The van der Waals surface area contributed by atoms with Crippen molar-refractivity contribution in [2.75, 3.05) is 11.6 Å². The lowest BCUT2D eigenvalue weighted by molar-refractivity contribution is 0.602. The van der Waals surface area contributed by atoms with Crippen molar-refractivity contribution >= 4 is 37.4 Å². The van der Waals surface area contributed by atoms with E-state index in [2.05, 4.69) is 15.9 Å². The van der Waals surface area contributed by atoms with Crippen LogP contribution in [-0.2, 0) is 16.3 Å². The number of hydrogen-bond donors (Lipinski definition) is 0. The Balaban J connectivity index is 3.28. The highest BCUT2D eigenvalue weighted by atomic mass is 79.9. The molecule has 0 aliphatic rings. The van der Waals surface area contributed by atoms with Gasteiger partial charge in [-0.05, 0) is 18.1 Å². The van der Waals surface area contributed by atoms with Gasteiger partial charge in [0.2, 0.25) is 0 Å². The monoisotopic (exact) mass is 296 g/mol. The number of hydrogen-bond acceptors (Lipinski definition) is 2. The van der Waals surface area contributed by atoms with Gasteiger partial charge in [-0.3, -0.25) is 0 Å². The number of aryl methyl sites for hydroxylation is 1. The lowest BCUT2D eigenvalue weighted by Gasteiger charge is -2.06. The van der Waals surface area contributed by atoms with Crippen LogP contribution in [0.4, 0.5) is 0 Å². The molecule has 0 N–H and O–H groups in total. The fourth-order valence-electron chi connectivity index (χ4n) is 1.14. The van der Waals surface area contributed by atoms with Crippen molar-refractivity contribution in [2.24, 2.45) is 0 Å². The summed E-state index contributed by atoms with van der Waals surface area (Å²) in [6, 6.07) is 5.06. The Bertz CT molecular complexity index is 428. The van der Waals surface area contributed by atoms with E-state index in [1.165, 1.54) is 6.07 Å². The summed E-state index contributed by atoms with van der Waals surface area (Å²) in [5, 5.41) is 1.11. The first-order valence-electron chi connectivity index (χ1n) is 4.00. The third-order valence-corrected chi connectivity index (χ3v) is 3.90. The van der Waals surface area contributed by atoms with Crippen molar-refractivity contribution in [3.8, 4) is 0 Å². The van der Waals surface area contributed by atoms with Gasteiger partial charge < -0.3 is 0 Å². The van der Waals surface area contributed by atoms with Gasteiger partial charge in [0.1, 0.15) is 0 Å². The minimum absolute atomic E-state index is 0.206. The highest BCUT2D eigenvalue weighted by Crippen LogP contribution is 2.25. The van der Waals surface area contributed by atoms with Gasteiger partial charge in [-0.1, -0.05) is 39.7 Å². The minimum atomic E-state index is -3.22. The second kappa shape index (κ2) is 4.64. The lowest BCUT2D eigenvalue weighted by atomic mass is 10.2. The summed E-state index contributed by atoms with van der Waals surface area (Å²) < 4.78 is 22.6. The molecule has 0 amide bonds. The van der Waals surface area contributed by atoms with Crippen LogP contribution < -0.4 is 0 Å². The van der Waals surface area contributed by atoms with E-state index in [0.717, 1.165) is 23.6 Å². The van der Waals surface area contributed by atoms with Crippen LogP contribution in [0.15, 0.2) is 23.1 Å². The fraction of sp³-hybridized carbons (Fsp3) is 0.333. The van der Waals surface area contributed by atoms with E-state index < -0.39 is 9.84 Å². The minimum Gasteiger partial charge on any atom is -0.224 e. The SMILES string of the molecule is CS(=O)(=O)c1cccc(CCBr)c1Cl. The Morgan fingerprint density at radius 1 is 1.43 bits per heavy atom. The van der Waals surface area contributed by atoms with Crippen LogP contribution in [0.2, 0.25) is 5.02 Å². The van der Waals surface area contributed by atoms with E-state index in [4.69, 9.17) is 11.6 Å². The standard InChI is InChI=1S/C9H10BrClO2S/c1-14(12,13)8-4-2-3-7(5-6-10)9(8)11/h2-4H,5-6H2,1H3. The van der Waals surface area contributed by atoms with Crippen molar-refractivity contribution < 1.29 is 8.42 Å². The maximum absolute atomic E-state index is 11.3. The zero-order valence-corrected chi connectivity index (χ0v) is 10.8. The van der Waals surface area contributed by atoms with Gasteiger partial charge in [0.05, 0.1) is 9.92 Å². The Hall–Kier alpha value is -0.0600. The van der Waals surface area contributed by atoms with Gasteiger partial charge in [-0.15, -0.1) is 0 Å². The normalized spacial score (nSPS) is 11.6. The molecule has 0 unspecified atom stereocenters. The second-order valence-electron chi connectivity index (χ2n) is 2.94. The number of rotatable bonds is 3. The molecule has 0 aliphatic carbocycles. The van der Waals surface area contributed by atoms with E-state index in [1.54, 1.807) is 6.07 Å². The molecule has 0 radical (unpaired) electrons. The average Bonchev–Trinajstić information content (AvgIpc) is 2.07. The Morgan fingerprint density at radius 3 is 2.57 bits per heavy atom. The Kier molecular flexibility index (Phi) is 3.98. The first kappa shape index (κ1) is 12.0. The molecule has 5 heteroatoms. The molecule has 0 bridgehead atoms. The number of sulfone groups is 1. The zero-order chi connectivity index (χ0) is 10.8. The topological polar surface area (TPSA) is 34.1 Å². The van der Waals surface area contributed by atoms with Crippen molar-refractivity contribution in [1.29, 1.82) is 0 Å². The van der Waals surface area contributed by atoms with Crippen molar-refractivity contribution in [3.05, 3.63) is 28.8 Å². The van der Waals surface area contributed by atoms with Crippen molar-refractivity contribution in [2.45, 2.75) is 11.3 Å². The molecule has 0 spiro atoms. The van der Waals surface area contributed by atoms with Crippen molar-refractivity contribution in [1.82, 2.24) is 0 Å². The van der Waals surface area contributed by atoms with Crippen LogP contribution in [0.5, 0.6) is 0 Å². The molecular formula is C9H10BrClO2S. The quantitative estimate of drug-likeness (QED) is 0.804. The third kappa shape index (κ3) is 2.72. The van der Waals surface area contributed by atoms with E-state index in [0.29, 0.717) is 5.02 Å². The molecular weight excluding hydrogens is 288 g/mol. The van der Waals surface area contributed by atoms with Crippen LogP contribution in [0.1, 0.15) is 5.56 Å². The molecule has 1 rings (SSSR count). The predicted molar refractivity (Wildman–Crippen MR) is 62.1 cm³/mol. The molecule has 0 aromatic heterocycles. The summed E-state index contributed by atoms with van der Waals surface area (Å²) in [6.07, 6.45) is 1.88. The Morgan fingerprint density at radius 2 is 2.07 bits per heavy atom. The average molecular weight is 298 g/mol. The fourth-order valence-corrected chi connectivity index (χ4v) is 2.99. The predicted octanol–water partition coefficient (Wildman–Crippen LogP) is 2.68. The van der Waals surface area contributed by atoms with E-state index >= 15 is 0 Å². The first-order valence-corrected chi connectivity index (χ1v) is 7.39. The molecule has 0 heterocycles. The molecule has 0 atom stereocenters. The third-order valence-electron chi connectivity index (χ3n) is 1.81. The lowest BCUT2D eigenvalue weighted by Crippen LogP contribution is -2.00. The van der Waals surface area contributed by atoms with Crippen LogP contribution in [0, 0.1) is 0 Å². The first-order chi connectivity index (χ1) is 6.46. The summed E-state index contributed by atoms with van der Waals surface area (Å²) >= 11 is 9.26. The summed E-state index contributed by atoms with van der Waals surface area (Å²) in [5.74, 6) is 0. The number of halogens is 2. The second-order valence-corrected chi connectivity index (χ2v) is 6.10. The van der Waals surface area contributed by atoms with Gasteiger partial charge in [0.25, 0.3) is 0 Å². The molecule has 78 valence electrons. The van der Waals surface area contributed by atoms with E-state index in [1.807, 2.05) is 6.07 Å². The van der Waals surface area contributed by atoms with Gasteiger partial charge >= 0.3 is 0 Å². The molecule has 0 fully saturated rings. The van der Waals surface area contributed by atoms with Gasteiger partial charge in [-0.25, -0.2) is 8.42 Å². The van der Waals surface area contributed by atoms with Crippen LogP contribution in [-0.4, -0.2) is 20.0 Å². The smallest absolute Gasteiger partial charge is 0.177 e. The highest BCUT2D eigenvalue weighted by Gasteiger charge is 2.14. The molecule has 1 aromatic carbocycles. The maximum Gasteiger partial charge on any atom is 0.177 e. The largest absolute Gasteiger partial charge is 0.224 e. The van der Waals surface area contributed by atoms with Gasteiger partial charge in [-0.2, -0.15) is 0 Å². The van der Waals surface area contributed by atoms with Crippen LogP contribution >= 0.6 is 27.5 Å². The molecule has 0 aliphatic heterocycles. The van der Waals surface area contributed by atoms with Gasteiger partial charge in [0.15, 0.2) is 9.84 Å². The molecule has 0 saturated heterocycles. The van der Waals surface area contributed by atoms with E-state index in [9.17, 15) is 8.42 Å². The number of alkyl halides is 1. The number of benzene rings is 1.